The van der Waals surface area contributed by atoms with Crippen molar-refractivity contribution in [1.29, 1.82) is 0 Å². The van der Waals surface area contributed by atoms with E-state index in [1.807, 2.05) is 13.0 Å². The van der Waals surface area contributed by atoms with Gasteiger partial charge in [-0.05, 0) is 26.8 Å². The van der Waals surface area contributed by atoms with E-state index < -0.39 is 0 Å². The van der Waals surface area contributed by atoms with Gasteiger partial charge in [0.15, 0.2) is 0 Å². The lowest BCUT2D eigenvalue weighted by molar-refractivity contribution is 0.975. The Bertz CT molecular complexity index is 175. The molecule has 0 amide bonds. The molecule has 0 bridgehead atoms. The SMILES string of the molecule is C=C(/C=C(C)/C=C\C)CCN. The van der Waals surface area contributed by atoms with Crippen LogP contribution in [0, 0.1) is 0 Å². The van der Waals surface area contributed by atoms with Crippen molar-refractivity contribution < 1.29 is 0 Å². The molecule has 0 aromatic carbocycles. The third-order valence-electron chi connectivity index (χ3n) is 1.33. The Labute approximate surface area is 69.3 Å². The van der Waals surface area contributed by atoms with Gasteiger partial charge in [0.2, 0.25) is 0 Å². The highest BCUT2D eigenvalue weighted by molar-refractivity contribution is 5.26. The maximum Gasteiger partial charge on any atom is -0.00369 e. The van der Waals surface area contributed by atoms with E-state index in [1.54, 1.807) is 0 Å². The average Bonchev–Trinajstić information content (AvgIpc) is 1.87. The Balaban J connectivity index is 3.96. The monoisotopic (exact) mass is 151 g/mol. The Morgan fingerprint density at radius 2 is 2.18 bits per heavy atom. The van der Waals surface area contributed by atoms with Crippen molar-refractivity contribution in [3.63, 3.8) is 0 Å². The molecule has 0 saturated heterocycles. The highest BCUT2D eigenvalue weighted by Gasteiger charge is 1.87. The van der Waals surface area contributed by atoms with Crippen molar-refractivity contribution in [2.75, 3.05) is 6.54 Å². The highest BCUT2D eigenvalue weighted by atomic mass is 14.5. The quantitative estimate of drug-likeness (QED) is 0.613. The van der Waals surface area contributed by atoms with Gasteiger partial charge in [-0.3, -0.25) is 0 Å². The fraction of sp³-hybridized carbons (Fsp3) is 0.400. The third-order valence-corrected chi connectivity index (χ3v) is 1.33. The molecule has 1 nitrogen and oxygen atoms in total. The van der Waals surface area contributed by atoms with Crippen LogP contribution < -0.4 is 5.73 Å². The number of hydrogen-bond acceptors (Lipinski definition) is 1. The van der Waals surface area contributed by atoms with Gasteiger partial charge in [-0.15, -0.1) is 0 Å². The minimum Gasteiger partial charge on any atom is -0.330 e. The zero-order chi connectivity index (χ0) is 8.69. The molecule has 2 N–H and O–H groups in total. The standard InChI is InChI=1S/C10H17N/c1-4-5-9(2)8-10(3)6-7-11/h4-5,8H,3,6-7,11H2,1-2H3/b5-4-,9-8+. The van der Waals surface area contributed by atoms with Gasteiger partial charge >= 0.3 is 0 Å². The maximum absolute atomic E-state index is 5.37. The summed E-state index contributed by atoms with van der Waals surface area (Å²) in [4.78, 5) is 0. The summed E-state index contributed by atoms with van der Waals surface area (Å²) in [6, 6.07) is 0. The lowest BCUT2D eigenvalue weighted by atomic mass is 10.1. The molecule has 0 aliphatic rings. The van der Waals surface area contributed by atoms with Crippen LogP contribution in [0.2, 0.25) is 0 Å². The van der Waals surface area contributed by atoms with Gasteiger partial charge < -0.3 is 5.73 Å². The Hall–Kier alpha value is -0.820. The third kappa shape index (κ3) is 5.62. The molecule has 0 spiro atoms. The molecule has 11 heavy (non-hydrogen) atoms. The lowest BCUT2D eigenvalue weighted by Crippen LogP contribution is -1.98. The van der Waals surface area contributed by atoms with E-state index in [0.29, 0.717) is 6.54 Å². The summed E-state index contributed by atoms with van der Waals surface area (Å²) in [5.41, 5.74) is 7.70. The van der Waals surface area contributed by atoms with E-state index in [1.165, 1.54) is 5.57 Å². The average molecular weight is 151 g/mol. The van der Waals surface area contributed by atoms with Gasteiger partial charge in [0.25, 0.3) is 0 Å². The summed E-state index contributed by atoms with van der Waals surface area (Å²) in [7, 11) is 0. The van der Waals surface area contributed by atoms with Gasteiger partial charge in [0.1, 0.15) is 0 Å². The molecular weight excluding hydrogens is 134 g/mol. The molecule has 0 saturated carbocycles. The van der Waals surface area contributed by atoms with Crippen LogP contribution in [0.4, 0.5) is 0 Å². The Kier molecular flexibility index (Phi) is 5.49. The van der Waals surface area contributed by atoms with Crippen molar-refractivity contribution in [2.45, 2.75) is 20.3 Å². The van der Waals surface area contributed by atoms with E-state index in [0.717, 1.165) is 12.0 Å². The highest BCUT2D eigenvalue weighted by Crippen LogP contribution is 2.04. The fourth-order valence-corrected chi connectivity index (χ4v) is 0.891. The van der Waals surface area contributed by atoms with Crippen LogP contribution in [0.25, 0.3) is 0 Å². The minimum absolute atomic E-state index is 0.679. The summed E-state index contributed by atoms with van der Waals surface area (Å²) in [6.07, 6.45) is 7.02. The Morgan fingerprint density at radius 3 is 2.64 bits per heavy atom. The minimum atomic E-state index is 0.679. The first-order valence-electron chi connectivity index (χ1n) is 3.89. The normalized spacial score (nSPS) is 12.5. The molecule has 0 aliphatic heterocycles. The summed E-state index contributed by atoms with van der Waals surface area (Å²) in [5.74, 6) is 0. The second-order valence-electron chi connectivity index (χ2n) is 2.59. The van der Waals surface area contributed by atoms with Gasteiger partial charge in [-0.25, -0.2) is 0 Å². The van der Waals surface area contributed by atoms with Crippen molar-refractivity contribution in [2.24, 2.45) is 5.73 Å². The summed E-state index contributed by atoms with van der Waals surface area (Å²) in [5, 5.41) is 0. The fourth-order valence-electron chi connectivity index (χ4n) is 0.891. The van der Waals surface area contributed by atoms with Crippen LogP contribution in [0.3, 0.4) is 0 Å². The van der Waals surface area contributed by atoms with Crippen molar-refractivity contribution in [3.8, 4) is 0 Å². The molecule has 0 aromatic rings. The van der Waals surface area contributed by atoms with Crippen LogP contribution in [0.5, 0.6) is 0 Å². The smallest absolute Gasteiger partial charge is 0.00369 e. The first-order chi connectivity index (χ1) is 5.20. The number of rotatable bonds is 4. The van der Waals surface area contributed by atoms with Crippen LogP contribution in [0.15, 0.2) is 36.0 Å². The summed E-state index contributed by atoms with van der Waals surface area (Å²) < 4.78 is 0. The molecular formula is C10H17N. The Morgan fingerprint density at radius 1 is 1.55 bits per heavy atom. The zero-order valence-corrected chi connectivity index (χ0v) is 7.43. The number of hydrogen-bond donors (Lipinski definition) is 1. The second-order valence-corrected chi connectivity index (χ2v) is 2.59. The molecule has 0 heterocycles. The van der Waals surface area contributed by atoms with Gasteiger partial charge in [-0.2, -0.15) is 0 Å². The van der Waals surface area contributed by atoms with Crippen molar-refractivity contribution in [1.82, 2.24) is 0 Å². The van der Waals surface area contributed by atoms with E-state index in [9.17, 15) is 0 Å². The van der Waals surface area contributed by atoms with E-state index >= 15 is 0 Å². The molecule has 0 aromatic heterocycles. The van der Waals surface area contributed by atoms with E-state index in [2.05, 4.69) is 25.7 Å². The van der Waals surface area contributed by atoms with Crippen LogP contribution in [-0.2, 0) is 0 Å². The largest absolute Gasteiger partial charge is 0.330 e. The molecule has 0 rings (SSSR count). The number of nitrogens with two attached hydrogens (primary N) is 1. The first-order valence-corrected chi connectivity index (χ1v) is 3.89. The van der Waals surface area contributed by atoms with E-state index in [4.69, 9.17) is 5.73 Å². The first kappa shape index (κ1) is 10.2. The molecule has 1 heteroatoms. The topological polar surface area (TPSA) is 26.0 Å². The molecule has 0 unspecified atom stereocenters. The number of allylic oxidation sites excluding steroid dienone is 4. The summed E-state index contributed by atoms with van der Waals surface area (Å²) >= 11 is 0. The van der Waals surface area contributed by atoms with Gasteiger partial charge in [-0.1, -0.05) is 36.0 Å². The van der Waals surface area contributed by atoms with Crippen molar-refractivity contribution in [3.05, 3.63) is 36.0 Å². The van der Waals surface area contributed by atoms with Gasteiger partial charge in [0, 0.05) is 0 Å². The predicted octanol–water partition coefficient (Wildman–Crippen LogP) is 2.41. The van der Waals surface area contributed by atoms with Gasteiger partial charge in [0.05, 0.1) is 0 Å². The molecule has 0 fully saturated rings. The molecule has 0 atom stereocenters. The molecule has 62 valence electrons. The molecule has 0 aliphatic carbocycles. The van der Waals surface area contributed by atoms with Crippen molar-refractivity contribution >= 4 is 0 Å². The predicted molar refractivity (Wildman–Crippen MR) is 51.4 cm³/mol. The maximum atomic E-state index is 5.37. The second kappa shape index (κ2) is 5.93. The lowest BCUT2D eigenvalue weighted by Gasteiger charge is -1.96. The zero-order valence-electron chi connectivity index (χ0n) is 7.43. The van der Waals surface area contributed by atoms with Crippen LogP contribution >= 0.6 is 0 Å². The van der Waals surface area contributed by atoms with E-state index in [-0.39, 0.29) is 0 Å². The van der Waals surface area contributed by atoms with Crippen LogP contribution in [0.1, 0.15) is 20.3 Å². The van der Waals surface area contributed by atoms with Crippen LogP contribution in [-0.4, -0.2) is 6.54 Å². The summed E-state index contributed by atoms with van der Waals surface area (Å²) in [6.45, 7) is 8.62. The molecule has 0 radical (unpaired) electrons.